The Labute approximate surface area is 162 Å². The fourth-order valence-corrected chi connectivity index (χ4v) is 3.42. The van der Waals surface area contributed by atoms with Crippen LogP contribution in [-0.4, -0.2) is 46.0 Å². The standard InChI is InChI=1S/C18H21BrN2O4S/c1-21(13-14-25-16-5-3-2-4-6-16)18(22)11-12-20-26(23,24)17-9-7-15(19)8-10-17/h2-10,20H,11-14H2,1H3. The number of sulfonamides is 1. The van der Waals surface area contributed by atoms with Crippen molar-refractivity contribution < 1.29 is 17.9 Å². The molecule has 0 unspecified atom stereocenters. The van der Waals surface area contributed by atoms with E-state index in [0.717, 1.165) is 10.2 Å². The molecule has 0 aliphatic rings. The Morgan fingerprint density at radius 1 is 1.12 bits per heavy atom. The van der Waals surface area contributed by atoms with Gasteiger partial charge in [0.05, 0.1) is 11.4 Å². The summed E-state index contributed by atoms with van der Waals surface area (Å²) in [7, 11) is -1.95. The molecule has 0 atom stereocenters. The van der Waals surface area contributed by atoms with Crippen LogP contribution >= 0.6 is 15.9 Å². The van der Waals surface area contributed by atoms with Crippen molar-refractivity contribution in [3.63, 3.8) is 0 Å². The first-order valence-electron chi connectivity index (χ1n) is 8.05. The maximum Gasteiger partial charge on any atom is 0.240 e. The van der Waals surface area contributed by atoms with Gasteiger partial charge in [0, 0.05) is 24.5 Å². The number of carbonyl (C=O) groups is 1. The molecule has 0 bridgehead atoms. The molecule has 0 saturated carbocycles. The van der Waals surface area contributed by atoms with E-state index < -0.39 is 10.0 Å². The molecule has 0 heterocycles. The van der Waals surface area contributed by atoms with E-state index in [4.69, 9.17) is 4.74 Å². The van der Waals surface area contributed by atoms with Crippen LogP contribution in [0.25, 0.3) is 0 Å². The number of rotatable bonds is 9. The van der Waals surface area contributed by atoms with E-state index in [1.165, 1.54) is 17.0 Å². The molecule has 140 valence electrons. The van der Waals surface area contributed by atoms with Gasteiger partial charge in [-0.2, -0.15) is 0 Å². The number of benzene rings is 2. The second-order valence-corrected chi connectivity index (χ2v) is 8.26. The number of halogens is 1. The zero-order valence-electron chi connectivity index (χ0n) is 14.4. The summed E-state index contributed by atoms with van der Waals surface area (Å²) in [5, 5.41) is 0. The molecule has 1 amide bonds. The number of ether oxygens (including phenoxy) is 1. The molecule has 0 fully saturated rings. The second kappa shape index (κ2) is 9.70. The topological polar surface area (TPSA) is 75.7 Å². The molecular weight excluding hydrogens is 420 g/mol. The lowest BCUT2D eigenvalue weighted by atomic mass is 10.3. The molecule has 1 N–H and O–H groups in total. The molecule has 8 heteroatoms. The highest BCUT2D eigenvalue weighted by molar-refractivity contribution is 9.10. The van der Waals surface area contributed by atoms with Crippen molar-refractivity contribution in [2.75, 3.05) is 26.7 Å². The molecule has 0 radical (unpaired) electrons. The molecule has 0 aromatic heterocycles. The van der Waals surface area contributed by atoms with Crippen molar-refractivity contribution in [3.05, 3.63) is 59.1 Å². The van der Waals surface area contributed by atoms with Gasteiger partial charge < -0.3 is 9.64 Å². The lowest BCUT2D eigenvalue weighted by Crippen LogP contribution is -2.34. The zero-order chi connectivity index (χ0) is 19.0. The Morgan fingerprint density at radius 3 is 2.42 bits per heavy atom. The summed E-state index contributed by atoms with van der Waals surface area (Å²) in [5.41, 5.74) is 0. The molecule has 2 rings (SSSR count). The van der Waals surface area contributed by atoms with Crippen molar-refractivity contribution in [2.45, 2.75) is 11.3 Å². The number of amides is 1. The summed E-state index contributed by atoms with van der Waals surface area (Å²) < 4.78 is 33.1. The minimum Gasteiger partial charge on any atom is -0.492 e. The highest BCUT2D eigenvalue weighted by atomic mass is 79.9. The van der Waals surface area contributed by atoms with E-state index in [-0.39, 0.29) is 23.8 Å². The molecule has 0 saturated heterocycles. The third kappa shape index (κ3) is 6.44. The maximum atomic E-state index is 12.2. The second-order valence-electron chi connectivity index (χ2n) is 5.58. The Kier molecular flexibility index (Phi) is 7.62. The van der Waals surface area contributed by atoms with Gasteiger partial charge in [-0.1, -0.05) is 34.1 Å². The summed E-state index contributed by atoms with van der Waals surface area (Å²) in [6, 6.07) is 15.7. The van der Waals surface area contributed by atoms with E-state index in [2.05, 4.69) is 20.7 Å². The number of nitrogens with one attached hydrogen (secondary N) is 1. The molecule has 2 aromatic carbocycles. The van der Waals surface area contributed by atoms with Crippen LogP contribution in [-0.2, 0) is 14.8 Å². The number of para-hydroxylation sites is 1. The van der Waals surface area contributed by atoms with Gasteiger partial charge in [0.2, 0.25) is 15.9 Å². The van der Waals surface area contributed by atoms with Gasteiger partial charge in [-0.15, -0.1) is 0 Å². The Balaban J connectivity index is 1.72. The first kappa shape index (κ1) is 20.4. The van der Waals surface area contributed by atoms with Crippen LogP contribution in [0.1, 0.15) is 6.42 Å². The molecule has 2 aromatic rings. The Bertz CT molecular complexity index is 811. The van der Waals surface area contributed by atoms with Crippen LogP contribution in [0.15, 0.2) is 64.0 Å². The summed E-state index contributed by atoms with van der Waals surface area (Å²) in [4.78, 5) is 13.8. The minimum absolute atomic E-state index is 0.0428. The molecule has 0 aliphatic carbocycles. The molecule has 0 aliphatic heterocycles. The zero-order valence-corrected chi connectivity index (χ0v) is 16.8. The van der Waals surface area contributed by atoms with Crippen LogP contribution in [0, 0.1) is 0 Å². The lowest BCUT2D eigenvalue weighted by Gasteiger charge is -2.17. The number of likely N-dealkylation sites (N-methyl/N-ethyl adjacent to an activating group) is 1. The summed E-state index contributed by atoms with van der Waals surface area (Å²) in [6.45, 7) is 0.838. The predicted molar refractivity (Wildman–Crippen MR) is 104 cm³/mol. The first-order chi connectivity index (χ1) is 12.4. The largest absolute Gasteiger partial charge is 0.492 e. The highest BCUT2D eigenvalue weighted by Gasteiger charge is 2.15. The van der Waals surface area contributed by atoms with Crippen molar-refractivity contribution in [1.82, 2.24) is 9.62 Å². The lowest BCUT2D eigenvalue weighted by molar-refractivity contribution is -0.130. The average molecular weight is 441 g/mol. The Hall–Kier alpha value is -1.90. The van der Waals surface area contributed by atoms with E-state index in [1.807, 2.05) is 30.3 Å². The monoisotopic (exact) mass is 440 g/mol. The average Bonchev–Trinajstić information content (AvgIpc) is 2.62. The van der Waals surface area contributed by atoms with Crippen LogP contribution < -0.4 is 9.46 Å². The van der Waals surface area contributed by atoms with Gasteiger partial charge in [0.15, 0.2) is 0 Å². The van der Waals surface area contributed by atoms with E-state index in [1.54, 1.807) is 19.2 Å². The van der Waals surface area contributed by atoms with Gasteiger partial charge >= 0.3 is 0 Å². The quantitative estimate of drug-likeness (QED) is 0.650. The summed E-state index contributed by atoms with van der Waals surface area (Å²) in [6.07, 6.45) is 0.0809. The summed E-state index contributed by atoms with van der Waals surface area (Å²) in [5.74, 6) is 0.593. The number of hydrogen-bond donors (Lipinski definition) is 1. The molecule has 0 spiro atoms. The molecular formula is C18H21BrN2O4S. The third-order valence-electron chi connectivity index (χ3n) is 3.62. The van der Waals surface area contributed by atoms with Gasteiger partial charge in [0.25, 0.3) is 0 Å². The smallest absolute Gasteiger partial charge is 0.240 e. The van der Waals surface area contributed by atoms with Crippen molar-refractivity contribution in [2.24, 2.45) is 0 Å². The number of nitrogens with zero attached hydrogens (tertiary/aromatic N) is 1. The van der Waals surface area contributed by atoms with Crippen molar-refractivity contribution >= 4 is 31.9 Å². The SMILES string of the molecule is CN(CCOc1ccccc1)C(=O)CCNS(=O)(=O)c1ccc(Br)cc1. The predicted octanol–water partition coefficient (Wildman–Crippen LogP) is 2.65. The molecule has 6 nitrogen and oxygen atoms in total. The number of carbonyl (C=O) groups excluding carboxylic acids is 1. The highest BCUT2D eigenvalue weighted by Crippen LogP contribution is 2.14. The third-order valence-corrected chi connectivity index (χ3v) is 5.62. The minimum atomic E-state index is -3.62. The van der Waals surface area contributed by atoms with Crippen LogP contribution in [0.5, 0.6) is 5.75 Å². The van der Waals surface area contributed by atoms with Gasteiger partial charge in [-0.25, -0.2) is 13.1 Å². The van der Waals surface area contributed by atoms with Crippen molar-refractivity contribution in [1.29, 1.82) is 0 Å². The van der Waals surface area contributed by atoms with E-state index in [9.17, 15) is 13.2 Å². The van der Waals surface area contributed by atoms with Crippen LogP contribution in [0.2, 0.25) is 0 Å². The first-order valence-corrected chi connectivity index (χ1v) is 10.3. The maximum absolute atomic E-state index is 12.2. The van der Waals surface area contributed by atoms with Gasteiger partial charge in [-0.05, 0) is 36.4 Å². The van der Waals surface area contributed by atoms with Gasteiger partial charge in [-0.3, -0.25) is 4.79 Å². The van der Waals surface area contributed by atoms with E-state index in [0.29, 0.717) is 13.2 Å². The van der Waals surface area contributed by atoms with Crippen molar-refractivity contribution in [3.8, 4) is 5.75 Å². The fraction of sp³-hybridized carbons (Fsp3) is 0.278. The summed E-state index contributed by atoms with van der Waals surface area (Å²) >= 11 is 3.26. The number of hydrogen-bond acceptors (Lipinski definition) is 4. The van der Waals surface area contributed by atoms with Crippen LogP contribution in [0.4, 0.5) is 0 Å². The molecule has 26 heavy (non-hydrogen) atoms. The van der Waals surface area contributed by atoms with Crippen LogP contribution in [0.3, 0.4) is 0 Å². The fourth-order valence-electron chi connectivity index (χ4n) is 2.12. The normalized spacial score (nSPS) is 11.2. The van der Waals surface area contributed by atoms with Gasteiger partial charge in [0.1, 0.15) is 12.4 Å². The Morgan fingerprint density at radius 2 is 1.77 bits per heavy atom. The van der Waals surface area contributed by atoms with E-state index >= 15 is 0 Å².